The standard InChI is InChI=1S/C21H32O2/c1-6-14(2)15-7-10-17(11-8-15)23-20(22-5)18-13-16-9-12-19(18)21(16,3)4/h7-8,10-11,14,16,18-20H,6,9,12-13H2,1-5H3. The molecule has 2 aliphatic rings. The number of ether oxygens (including phenoxy) is 2. The van der Waals surface area contributed by atoms with E-state index in [0.29, 0.717) is 17.3 Å². The summed E-state index contributed by atoms with van der Waals surface area (Å²) < 4.78 is 12.0. The molecule has 1 aromatic carbocycles. The van der Waals surface area contributed by atoms with Gasteiger partial charge in [0.1, 0.15) is 5.75 Å². The van der Waals surface area contributed by atoms with Gasteiger partial charge in [-0.2, -0.15) is 0 Å². The van der Waals surface area contributed by atoms with Crippen LogP contribution in [0.4, 0.5) is 0 Å². The van der Waals surface area contributed by atoms with Crippen molar-refractivity contribution in [1.82, 2.24) is 0 Å². The maximum absolute atomic E-state index is 6.24. The molecule has 2 fully saturated rings. The van der Waals surface area contributed by atoms with Crippen molar-refractivity contribution >= 4 is 0 Å². The first-order valence-corrected chi connectivity index (χ1v) is 9.26. The second kappa shape index (κ2) is 6.47. The molecule has 2 aliphatic carbocycles. The molecule has 2 saturated carbocycles. The van der Waals surface area contributed by atoms with Crippen molar-refractivity contribution < 1.29 is 9.47 Å². The van der Waals surface area contributed by atoms with Crippen molar-refractivity contribution in [3.05, 3.63) is 29.8 Å². The van der Waals surface area contributed by atoms with Gasteiger partial charge >= 0.3 is 0 Å². The fourth-order valence-electron chi connectivity index (χ4n) is 4.96. The van der Waals surface area contributed by atoms with Gasteiger partial charge in [0.2, 0.25) is 6.29 Å². The van der Waals surface area contributed by atoms with Crippen LogP contribution in [0.25, 0.3) is 0 Å². The molecule has 23 heavy (non-hydrogen) atoms. The van der Waals surface area contributed by atoms with Gasteiger partial charge in [-0.1, -0.05) is 39.8 Å². The second-order valence-electron chi connectivity index (χ2n) is 8.20. The minimum absolute atomic E-state index is 0.112. The van der Waals surface area contributed by atoms with Crippen molar-refractivity contribution in [2.45, 2.75) is 65.6 Å². The Balaban J connectivity index is 1.69. The van der Waals surface area contributed by atoms with Gasteiger partial charge in [-0.05, 0) is 66.5 Å². The maximum atomic E-state index is 6.24. The molecular formula is C21H32O2. The van der Waals surface area contributed by atoms with E-state index in [1.54, 1.807) is 7.11 Å². The van der Waals surface area contributed by atoms with E-state index >= 15 is 0 Å². The molecule has 128 valence electrons. The smallest absolute Gasteiger partial charge is 0.202 e. The zero-order valence-corrected chi connectivity index (χ0v) is 15.3. The van der Waals surface area contributed by atoms with Crippen molar-refractivity contribution in [2.75, 3.05) is 7.11 Å². The molecule has 1 aromatic rings. The van der Waals surface area contributed by atoms with E-state index in [0.717, 1.165) is 17.6 Å². The van der Waals surface area contributed by atoms with Crippen LogP contribution in [-0.4, -0.2) is 13.4 Å². The number of hydrogen-bond donors (Lipinski definition) is 0. The predicted molar refractivity (Wildman–Crippen MR) is 94.7 cm³/mol. The fourth-order valence-corrected chi connectivity index (χ4v) is 4.96. The van der Waals surface area contributed by atoms with Gasteiger partial charge in [0.25, 0.3) is 0 Å². The Morgan fingerprint density at radius 3 is 2.35 bits per heavy atom. The molecule has 0 spiro atoms. The monoisotopic (exact) mass is 316 g/mol. The van der Waals surface area contributed by atoms with E-state index in [2.05, 4.69) is 52.0 Å². The van der Waals surface area contributed by atoms with Gasteiger partial charge in [-0.15, -0.1) is 0 Å². The van der Waals surface area contributed by atoms with Gasteiger partial charge in [0.15, 0.2) is 0 Å². The summed E-state index contributed by atoms with van der Waals surface area (Å²) in [6.45, 7) is 9.37. The normalized spacial score (nSPS) is 31.1. The molecular weight excluding hydrogens is 284 g/mol. The highest BCUT2D eigenvalue weighted by molar-refractivity contribution is 5.29. The highest BCUT2D eigenvalue weighted by Crippen LogP contribution is 2.61. The number of methoxy groups -OCH3 is 1. The van der Waals surface area contributed by atoms with Crippen LogP contribution >= 0.6 is 0 Å². The Hall–Kier alpha value is -1.02. The first kappa shape index (κ1) is 16.8. The average Bonchev–Trinajstić information content (AvgIpc) is 2.99. The van der Waals surface area contributed by atoms with E-state index in [1.807, 2.05) is 0 Å². The van der Waals surface area contributed by atoms with Gasteiger partial charge in [-0.25, -0.2) is 0 Å². The minimum atomic E-state index is -0.112. The van der Waals surface area contributed by atoms with Crippen LogP contribution in [-0.2, 0) is 4.74 Å². The molecule has 2 nitrogen and oxygen atoms in total. The second-order valence-corrected chi connectivity index (χ2v) is 8.20. The molecule has 0 N–H and O–H groups in total. The van der Waals surface area contributed by atoms with Crippen LogP contribution in [0.15, 0.2) is 24.3 Å². The van der Waals surface area contributed by atoms with Crippen molar-refractivity contribution in [2.24, 2.45) is 23.2 Å². The molecule has 0 amide bonds. The summed E-state index contributed by atoms with van der Waals surface area (Å²) >= 11 is 0. The average molecular weight is 316 g/mol. The Morgan fingerprint density at radius 1 is 1.17 bits per heavy atom. The Morgan fingerprint density at radius 2 is 1.87 bits per heavy atom. The topological polar surface area (TPSA) is 18.5 Å². The minimum Gasteiger partial charge on any atom is -0.465 e. The zero-order valence-electron chi connectivity index (χ0n) is 15.3. The molecule has 5 unspecified atom stereocenters. The van der Waals surface area contributed by atoms with Crippen LogP contribution in [0.2, 0.25) is 0 Å². The number of rotatable bonds is 6. The molecule has 5 atom stereocenters. The summed E-state index contributed by atoms with van der Waals surface area (Å²) in [5.74, 6) is 3.64. The Labute approximate surface area is 141 Å². The number of fused-ring (bicyclic) bond motifs is 2. The van der Waals surface area contributed by atoms with Crippen LogP contribution in [0.5, 0.6) is 5.75 Å². The SMILES string of the molecule is CCC(C)c1ccc(OC(OC)C2CC3CCC2C3(C)C)cc1. The third kappa shape index (κ3) is 3.03. The lowest BCUT2D eigenvalue weighted by Gasteiger charge is -2.31. The molecule has 2 bridgehead atoms. The molecule has 0 aliphatic heterocycles. The van der Waals surface area contributed by atoms with Gasteiger partial charge in [0, 0.05) is 13.0 Å². The van der Waals surface area contributed by atoms with Crippen molar-refractivity contribution in [3.63, 3.8) is 0 Å². The first-order chi connectivity index (χ1) is 11.0. The van der Waals surface area contributed by atoms with Crippen molar-refractivity contribution in [3.8, 4) is 5.75 Å². The maximum Gasteiger partial charge on any atom is 0.202 e. The summed E-state index contributed by atoms with van der Waals surface area (Å²) in [6.07, 6.45) is 5.02. The number of hydrogen-bond acceptors (Lipinski definition) is 2. The van der Waals surface area contributed by atoms with Crippen LogP contribution in [0.1, 0.15) is 64.9 Å². The summed E-state index contributed by atoms with van der Waals surface area (Å²) in [6, 6.07) is 8.60. The lowest BCUT2D eigenvalue weighted by atomic mass is 9.80. The van der Waals surface area contributed by atoms with E-state index in [4.69, 9.17) is 9.47 Å². The zero-order chi connectivity index (χ0) is 16.6. The lowest BCUT2D eigenvalue weighted by molar-refractivity contribution is -0.109. The van der Waals surface area contributed by atoms with E-state index < -0.39 is 0 Å². The highest BCUT2D eigenvalue weighted by atomic mass is 16.7. The lowest BCUT2D eigenvalue weighted by Crippen LogP contribution is -2.34. The quantitative estimate of drug-likeness (QED) is 0.634. The third-order valence-corrected chi connectivity index (χ3v) is 6.80. The van der Waals surface area contributed by atoms with Crippen LogP contribution in [0.3, 0.4) is 0 Å². The molecule has 0 aromatic heterocycles. The van der Waals surface area contributed by atoms with E-state index in [9.17, 15) is 0 Å². The predicted octanol–water partition coefficient (Wildman–Crippen LogP) is 5.62. The summed E-state index contributed by atoms with van der Waals surface area (Å²) in [5.41, 5.74) is 1.83. The molecule has 2 heteroatoms. The molecule has 3 rings (SSSR count). The molecule has 0 radical (unpaired) electrons. The third-order valence-electron chi connectivity index (χ3n) is 6.80. The van der Waals surface area contributed by atoms with Crippen molar-refractivity contribution in [1.29, 1.82) is 0 Å². The Kier molecular flexibility index (Phi) is 4.73. The molecule has 0 saturated heterocycles. The van der Waals surface area contributed by atoms with E-state index in [-0.39, 0.29) is 6.29 Å². The first-order valence-electron chi connectivity index (χ1n) is 9.26. The molecule has 0 heterocycles. The largest absolute Gasteiger partial charge is 0.465 e. The van der Waals surface area contributed by atoms with Crippen LogP contribution < -0.4 is 4.74 Å². The van der Waals surface area contributed by atoms with Gasteiger partial charge in [-0.3, -0.25) is 0 Å². The fraction of sp³-hybridized carbons (Fsp3) is 0.714. The van der Waals surface area contributed by atoms with Crippen LogP contribution in [0, 0.1) is 23.2 Å². The highest BCUT2D eigenvalue weighted by Gasteiger charge is 2.55. The van der Waals surface area contributed by atoms with E-state index in [1.165, 1.54) is 31.2 Å². The number of benzene rings is 1. The summed E-state index contributed by atoms with van der Waals surface area (Å²) in [7, 11) is 1.79. The summed E-state index contributed by atoms with van der Waals surface area (Å²) in [5, 5.41) is 0. The van der Waals surface area contributed by atoms with Gasteiger partial charge < -0.3 is 9.47 Å². The summed E-state index contributed by atoms with van der Waals surface area (Å²) in [4.78, 5) is 0. The Bertz CT molecular complexity index is 519. The van der Waals surface area contributed by atoms with Gasteiger partial charge in [0.05, 0.1) is 0 Å².